The minimum absolute atomic E-state index is 0.0461. The number of anilines is 1. The molecule has 0 aliphatic rings. The molecule has 0 saturated heterocycles. The SMILES string of the molecule is Cc1cc(C(=O)N(C)Cc2cc(-c3ncco3)ccc2-c2ccccc2S(=O)(=O)Nc2onc(C)c2C)n(C)n1. The van der Waals surface area contributed by atoms with Crippen LogP contribution in [0.1, 0.15) is 33.0 Å². The Morgan fingerprint density at radius 2 is 1.85 bits per heavy atom. The van der Waals surface area contributed by atoms with E-state index in [9.17, 15) is 13.2 Å². The van der Waals surface area contributed by atoms with Crippen LogP contribution in [0.5, 0.6) is 0 Å². The summed E-state index contributed by atoms with van der Waals surface area (Å²) in [7, 11) is -0.666. The van der Waals surface area contributed by atoms with Gasteiger partial charge in [-0.25, -0.2) is 18.1 Å². The van der Waals surface area contributed by atoms with Gasteiger partial charge < -0.3 is 13.8 Å². The summed E-state index contributed by atoms with van der Waals surface area (Å²) in [6.07, 6.45) is 3.02. The van der Waals surface area contributed by atoms with Crippen LogP contribution in [0.2, 0.25) is 0 Å². The van der Waals surface area contributed by atoms with E-state index in [1.54, 1.807) is 80.1 Å². The molecule has 0 radical (unpaired) electrons. The van der Waals surface area contributed by atoms with Gasteiger partial charge in [0.2, 0.25) is 11.8 Å². The number of oxazole rings is 1. The number of amides is 1. The van der Waals surface area contributed by atoms with Crippen LogP contribution in [0.15, 0.2) is 74.8 Å². The number of hydrogen-bond donors (Lipinski definition) is 1. The number of carbonyl (C=O) groups excluding carboxylic acids is 1. The molecule has 0 aliphatic heterocycles. The number of nitrogens with zero attached hydrogens (tertiary/aromatic N) is 5. The van der Waals surface area contributed by atoms with Crippen molar-refractivity contribution in [2.24, 2.45) is 7.05 Å². The van der Waals surface area contributed by atoms with Crippen LogP contribution in [0.3, 0.4) is 0 Å². The van der Waals surface area contributed by atoms with Gasteiger partial charge in [-0.15, -0.1) is 0 Å². The summed E-state index contributed by atoms with van der Waals surface area (Å²) < 4.78 is 41.9. The number of carbonyl (C=O) groups is 1. The fourth-order valence-electron chi connectivity index (χ4n) is 4.43. The standard InChI is InChI=1S/C28H28N6O5S/c1-17-14-24(34(5)30-17)28(35)33(4)16-21-15-20(27-29-12-13-38-27)10-11-22(21)23-8-6-7-9-25(23)40(36,37)32-26-18(2)19(3)31-39-26/h6-15,32H,16H2,1-5H3. The molecule has 2 aromatic carbocycles. The van der Waals surface area contributed by atoms with E-state index >= 15 is 0 Å². The lowest BCUT2D eigenvalue weighted by Gasteiger charge is -2.21. The molecular weight excluding hydrogens is 532 g/mol. The lowest BCUT2D eigenvalue weighted by Crippen LogP contribution is -2.28. The smallest absolute Gasteiger partial charge is 0.272 e. The molecule has 0 saturated carbocycles. The lowest BCUT2D eigenvalue weighted by atomic mass is 9.96. The van der Waals surface area contributed by atoms with Crippen LogP contribution in [0, 0.1) is 20.8 Å². The number of hydrogen-bond acceptors (Lipinski definition) is 8. The minimum atomic E-state index is -4.07. The summed E-state index contributed by atoms with van der Waals surface area (Å²) in [4.78, 5) is 19.2. The highest BCUT2D eigenvalue weighted by molar-refractivity contribution is 7.92. The first-order chi connectivity index (χ1) is 19.0. The summed E-state index contributed by atoms with van der Waals surface area (Å²) in [6, 6.07) is 13.8. The predicted octanol–water partition coefficient (Wildman–Crippen LogP) is 4.73. The van der Waals surface area contributed by atoms with E-state index in [0.29, 0.717) is 45.1 Å². The van der Waals surface area contributed by atoms with Crippen molar-refractivity contribution in [2.45, 2.75) is 32.2 Å². The fraction of sp³-hybridized carbons (Fsp3) is 0.214. The number of benzene rings is 2. The normalized spacial score (nSPS) is 11.5. The Morgan fingerprint density at radius 1 is 1.07 bits per heavy atom. The maximum atomic E-state index is 13.6. The molecule has 1 amide bonds. The molecule has 12 heteroatoms. The van der Waals surface area contributed by atoms with Crippen molar-refractivity contribution in [1.82, 2.24) is 24.8 Å². The molecule has 3 heterocycles. The molecule has 0 spiro atoms. The molecule has 0 fully saturated rings. The monoisotopic (exact) mass is 560 g/mol. The molecule has 0 bridgehead atoms. The average Bonchev–Trinajstić information content (AvgIpc) is 3.66. The van der Waals surface area contributed by atoms with Gasteiger partial charge in [0.15, 0.2) is 0 Å². The molecule has 0 aliphatic carbocycles. The Morgan fingerprint density at radius 3 is 2.50 bits per heavy atom. The predicted molar refractivity (Wildman–Crippen MR) is 148 cm³/mol. The van der Waals surface area contributed by atoms with E-state index in [-0.39, 0.29) is 23.2 Å². The molecule has 5 rings (SSSR count). The van der Waals surface area contributed by atoms with Gasteiger partial charge in [-0.1, -0.05) is 29.4 Å². The number of aryl methyl sites for hydroxylation is 3. The summed E-state index contributed by atoms with van der Waals surface area (Å²) >= 11 is 0. The van der Waals surface area contributed by atoms with Crippen LogP contribution in [-0.4, -0.2) is 46.2 Å². The van der Waals surface area contributed by atoms with Gasteiger partial charge >= 0.3 is 0 Å². The highest BCUT2D eigenvalue weighted by atomic mass is 32.2. The first-order valence-corrected chi connectivity index (χ1v) is 13.9. The van der Waals surface area contributed by atoms with Crippen LogP contribution in [-0.2, 0) is 23.6 Å². The van der Waals surface area contributed by atoms with Crippen LogP contribution in [0.25, 0.3) is 22.6 Å². The number of rotatable bonds is 8. The van der Waals surface area contributed by atoms with Gasteiger partial charge in [-0.2, -0.15) is 5.10 Å². The summed E-state index contributed by atoms with van der Waals surface area (Å²) in [5.41, 5.74) is 4.82. The molecular formula is C28H28N6O5S. The van der Waals surface area contributed by atoms with Crippen molar-refractivity contribution in [3.63, 3.8) is 0 Å². The zero-order valence-electron chi connectivity index (χ0n) is 22.7. The van der Waals surface area contributed by atoms with Gasteiger partial charge in [0.1, 0.15) is 12.0 Å². The highest BCUT2D eigenvalue weighted by Crippen LogP contribution is 2.35. The lowest BCUT2D eigenvalue weighted by molar-refractivity contribution is 0.0774. The first kappa shape index (κ1) is 26.9. The Kier molecular flexibility index (Phi) is 7.03. The Labute approximate surface area is 231 Å². The van der Waals surface area contributed by atoms with Crippen LogP contribution >= 0.6 is 0 Å². The van der Waals surface area contributed by atoms with Crippen molar-refractivity contribution in [1.29, 1.82) is 0 Å². The van der Waals surface area contributed by atoms with Crippen molar-refractivity contribution in [3.05, 3.63) is 89.2 Å². The van der Waals surface area contributed by atoms with E-state index in [1.165, 1.54) is 12.3 Å². The molecule has 3 aromatic heterocycles. The molecule has 0 unspecified atom stereocenters. The maximum absolute atomic E-state index is 13.6. The Hall–Kier alpha value is -4.71. The third-order valence-electron chi connectivity index (χ3n) is 6.61. The van der Waals surface area contributed by atoms with Gasteiger partial charge in [-0.05, 0) is 56.2 Å². The van der Waals surface area contributed by atoms with Gasteiger partial charge in [0.25, 0.3) is 15.9 Å². The second kappa shape index (κ2) is 10.5. The number of aromatic nitrogens is 4. The molecule has 0 atom stereocenters. The fourth-order valence-corrected chi connectivity index (χ4v) is 5.70. The molecule has 11 nitrogen and oxygen atoms in total. The summed E-state index contributed by atoms with van der Waals surface area (Å²) in [6.45, 7) is 5.46. The van der Waals surface area contributed by atoms with Gasteiger partial charge in [0, 0.05) is 37.3 Å². The van der Waals surface area contributed by atoms with Gasteiger partial charge in [-0.3, -0.25) is 9.48 Å². The second-order valence-corrected chi connectivity index (χ2v) is 11.1. The summed E-state index contributed by atoms with van der Waals surface area (Å²) in [5, 5.41) is 8.12. The summed E-state index contributed by atoms with van der Waals surface area (Å²) in [5.74, 6) is 0.237. The highest BCUT2D eigenvalue weighted by Gasteiger charge is 2.25. The molecule has 5 aromatic rings. The number of nitrogens with one attached hydrogen (secondary N) is 1. The number of sulfonamides is 1. The van der Waals surface area contributed by atoms with Crippen molar-refractivity contribution in [2.75, 3.05) is 11.8 Å². The maximum Gasteiger partial charge on any atom is 0.272 e. The van der Waals surface area contributed by atoms with Gasteiger partial charge in [0.05, 0.1) is 22.5 Å². The zero-order valence-corrected chi connectivity index (χ0v) is 23.5. The van der Waals surface area contributed by atoms with Crippen molar-refractivity contribution >= 4 is 21.8 Å². The Balaban J connectivity index is 1.58. The molecule has 206 valence electrons. The van der Waals surface area contributed by atoms with E-state index in [2.05, 4.69) is 20.0 Å². The minimum Gasteiger partial charge on any atom is -0.445 e. The largest absolute Gasteiger partial charge is 0.445 e. The first-order valence-electron chi connectivity index (χ1n) is 12.4. The Bertz CT molecular complexity index is 1800. The zero-order chi connectivity index (χ0) is 28.6. The second-order valence-electron chi connectivity index (χ2n) is 9.49. The van der Waals surface area contributed by atoms with Crippen LogP contribution < -0.4 is 4.72 Å². The van der Waals surface area contributed by atoms with Crippen LogP contribution in [0.4, 0.5) is 5.88 Å². The van der Waals surface area contributed by atoms with Crippen molar-refractivity contribution < 1.29 is 22.2 Å². The van der Waals surface area contributed by atoms with Crippen molar-refractivity contribution in [3.8, 4) is 22.6 Å². The van der Waals surface area contributed by atoms with E-state index < -0.39 is 10.0 Å². The third-order valence-corrected chi connectivity index (χ3v) is 8.00. The molecule has 1 N–H and O–H groups in total. The van der Waals surface area contributed by atoms with E-state index in [0.717, 1.165) is 5.69 Å². The van der Waals surface area contributed by atoms with E-state index in [4.69, 9.17) is 8.94 Å². The molecule has 40 heavy (non-hydrogen) atoms. The van der Waals surface area contributed by atoms with E-state index in [1.807, 2.05) is 13.0 Å². The average molecular weight is 561 g/mol. The third kappa shape index (κ3) is 5.13. The topological polar surface area (TPSA) is 136 Å². The quantitative estimate of drug-likeness (QED) is 0.288.